The van der Waals surface area contributed by atoms with E-state index < -0.39 is 0 Å². The second kappa shape index (κ2) is 4.98. The molecular weight excluding hydrogens is 190 g/mol. The number of aromatic nitrogens is 1. The van der Waals surface area contributed by atoms with E-state index in [0.29, 0.717) is 5.69 Å². The molecule has 1 aliphatic rings. The molecule has 3 N–H and O–H groups in total. The fraction of sp³-hybridized carbons (Fsp3) is 0.545. The van der Waals surface area contributed by atoms with E-state index in [1.54, 1.807) is 12.4 Å². The van der Waals surface area contributed by atoms with Gasteiger partial charge in [0.25, 0.3) is 0 Å². The van der Waals surface area contributed by atoms with Crippen LogP contribution < -0.4 is 11.1 Å². The SMILES string of the molecule is Nc1cncc(NCCOCC2CC2)c1. The van der Waals surface area contributed by atoms with E-state index in [-0.39, 0.29) is 0 Å². The monoisotopic (exact) mass is 207 g/mol. The van der Waals surface area contributed by atoms with Gasteiger partial charge >= 0.3 is 0 Å². The van der Waals surface area contributed by atoms with Crippen molar-refractivity contribution < 1.29 is 4.74 Å². The normalized spacial score (nSPS) is 15.2. The number of nitrogens with one attached hydrogen (secondary N) is 1. The average Bonchev–Trinajstić information content (AvgIpc) is 3.01. The van der Waals surface area contributed by atoms with Crippen LogP contribution in [0.3, 0.4) is 0 Å². The van der Waals surface area contributed by atoms with E-state index in [1.165, 1.54) is 12.8 Å². The van der Waals surface area contributed by atoms with E-state index in [4.69, 9.17) is 10.5 Å². The van der Waals surface area contributed by atoms with Crippen LogP contribution in [-0.2, 0) is 4.74 Å². The highest BCUT2D eigenvalue weighted by molar-refractivity contribution is 5.51. The van der Waals surface area contributed by atoms with Crippen LogP contribution in [-0.4, -0.2) is 24.7 Å². The molecule has 15 heavy (non-hydrogen) atoms. The molecule has 1 aromatic heterocycles. The summed E-state index contributed by atoms with van der Waals surface area (Å²) in [5.41, 5.74) is 7.23. The van der Waals surface area contributed by atoms with Gasteiger partial charge in [-0.15, -0.1) is 0 Å². The predicted molar refractivity (Wildman–Crippen MR) is 60.7 cm³/mol. The van der Waals surface area contributed by atoms with Crippen LogP contribution in [0, 0.1) is 5.92 Å². The largest absolute Gasteiger partial charge is 0.397 e. The zero-order valence-electron chi connectivity index (χ0n) is 8.78. The first-order chi connectivity index (χ1) is 7.34. The van der Waals surface area contributed by atoms with Crippen LogP contribution in [0.1, 0.15) is 12.8 Å². The van der Waals surface area contributed by atoms with Crippen molar-refractivity contribution in [3.05, 3.63) is 18.5 Å². The van der Waals surface area contributed by atoms with Crippen molar-refractivity contribution in [2.75, 3.05) is 30.8 Å². The first-order valence-electron chi connectivity index (χ1n) is 5.37. The Morgan fingerprint density at radius 2 is 2.33 bits per heavy atom. The van der Waals surface area contributed by atoms with Gasteiger partial charge in [0.1, 0.15) is 0 Å². The molecule has 1 fully saturated rings. The van der Waals surface area contributed by atoms with Gasteiger partial charge < -0.3 is 15.8 Å². The maximum Gasteiger partial charge on any atom is 0.0639 e. The van der Waals surface area contributed by atoms with Gasteiger partial charge in [0.15, 0.2) is 0 Å². The molecule has 0 spiro atoms. The molecule has 0 amide bonds. The Labute approximate surface area is 89.8 Å². The minimum Gasteiger partial charge on any atom is -0.397 e. The summed E-state index contributed by atoms with van der Waals surface area (Å²) in [5.74, 6) is 0.832. The summed E-state index contributed by atoms with van der Waals surface area (Å²) in [6.07, 6.45) is 6.07. The Hall–Kier alpha value is -1.29. The van der Waals surface area contributed by atoms with Crippen molar-refractivity contribution in [3.8, 4) is 0 Å². The number of hydrogen-bond donors (Lipinski definition) is 2. The number of nitrogens with two attached hydrogens (primary N) is 1. The molecule has 0 unspecified atom stereocenters. The summed E-state index contributed by atoms with van der Waals surface area (Å²) in [5, 5.41) is 3.21. The third-order valence-electron chi connectivity index (χ3n) is 2.39. The fourth-order valence-corrected chi connectivity index (χ4v) is 1.36. The summed E-state index contributed by atoms with van der Waals surface area (Å²) in [7, 11) is 0. The summed E-state index contributed by atoms with van der Waals surface area (Å²) < 4.78 is 5.50. The Kier molecular flexibility index (Phi) is 3.40. The molecule has 0 bridgehead atoms. The molecule has 2 rings (SSSR count). The van der Waals surface area contributed by atoms with Crippen molar-refractivity contribution in [3.63, 3.8) is 0 Å². The topological polar surface area (TPSA) is 60.2 Å². The van der Waals surface area contributed by atoms with Crippen molar-refractivity contribution in [1.29, 1.82) is 0 Å². The smallest absolute Gasteiger partial charge is 0.0639 e. The first-order valence-corrected chi connectivity index (χ1v) is 5.37. The number of nitrogen functional groups attached to an aromatic ring is 1. The lowest BCUT2D eigenvalue weighted by molar-refractivity contribution is 0.134. The maximum atomic E-state index is 5.60. The van der Waals surface area contributed by atoms with Crippen LogP contribution in [0.15, 0.2) is 18.5 Å². The quantitative estimate of drug-likeness (QED) is 0.694. The van der Waals surface area contributed by atoms with Crippen LogP contribution >= 0.6 is 0 Å². The predicted octanol–water partition coefficient (Wildman–Crippen LogP) is 1.50. The first kappa shape index (κ1) is 10.2. The van der Waals surface area contributed by atoms with Crippen molar-refractivity contribution in [2.45, 2.75) is 12.8 Å². The Bertz CT molecular complexity index is 312. The summed E-state index contributed by atoms with van der Waals surface area (Å²) in [6.45, 7) is 2.46. The number of pyridine rings is 1. The zero-order valence-corrected chi connectivity index (χ0v) is 8.78. The van der Waals surface area contributed by atoms with Crippen molar-refractivity contribution >= 4 is 11.4 Å². The van der Waals surface area contributed by atoms with Gasteiger partial charge in [0.05, 0.1) is 24.2 Å². The summed E-state index contributed by atoms with van der Waals surface area (Å²) >= 11 is 0. The van der Waals surface area contributed by atoms with E-state index in [1.807, 2.05) is 6.07 Å². The number of ether oxygens (including phenoxy) is 1. The van der Waals surface area contributed by atoms with E-state index in [0.717, 1.165) is 31.4 Å². The highest BCUT2D eigenvalue weighted by Crippen LogP contribution is 2.28. The van der Waals surface area contributed by atoms with Crippen LogP contribution in [0.25, 0.3) is 0 Å². The lowest BCUT2D eigenvalue weighted by Gasteiger charge is -2.06. The second-order valence-corrected chi connectivity index (χ2v) is 3.95. The molecule has 1 aliphatic carbocycles. The van der Waals surface area contributed by atoms with Gasteiger partial charge in [-0.25, -0.2) is 0 Å². The van der Waals surface area contributed by atoms with E-state index in [2.05, 4.69) is 10.3 Å². The number of nitrogens with zero attached hydrogens (tertiary/aromatic N) is 1. The molecule has 4 nitrogen and oxygen atoms in total. The third kappa shape index (κ3) is 3.75. The number of anilines is 2. The molecule has 0 atom stereocenters. The molecule has 0 radical (unpaired) electrons. The standard InChI is InChI=1S/C11H17N3O/c12-10-5-11(7-13-6-10)14-3-4-15-8-9-1-2-9/h5-7,9,14H,1-4,8,12H2. The van der Waals surface area contributed by atoms with Gasteiger partial charge in [0.2, 0.25) is 0 Å². The molecular formula is C11H17N3O. The fourth-order valence-electron chi connectivity index (χ4n) is 1.36. The lowest BCUT2D eigenvalue weighted by Crippen LogP contribution is -2.10. The maximum absolute atomic E-state index is 5.60. The zero-order chi connectivity index (χ0) is 10.5. The van der Waals surface area contributed by atoms with E-state index in [9.17, 15) is 0 Å². The molecule has 82 valence electrons. The summed E-state index contributed by atoms with van der Waals surface area (Å²) in [4.78, 5) is 3.99. The molecule has 1 saturated carbocycles. The minimum absolute atomic E-state index is 0.680. The Morgan fingerprint density at radius 1 is 1.47 bits per heavy atom. The molecule has 0 aliphatic heterocycles. The van der Waals surface area contributed by atoms with Gasteiger partial charge in [-0.05, 0) is 24.8 Å². The lowest BCUT2D eigenvalue weighted by atomic mass is 10.4. The van der Waals surface area contributed by atoms with E-state index >= 15 is 0 Å². The average molecular weight is 207 g/mol. The van der Waals surface area contributed by atoms with Gasteiger partial charge in [0, 0.05) is 19.3 Å². The Morgan fingerprint density at radius 3 is 3.07 bits per heavy atom. The number of rotatable bonds is 6. The molecule has 4 heteroatoms. The van der Waals surface area contributed by atoms with Crippen LogP contribution in [0.2, 0.25) is 0 Å². The molecule has 1 heterocycles. The van der Waals surface area contributed by atoms with Gasteiger partial charge in [-0.3, -0.25) is 4.98 Å². The van der Waals surface area contributed by atoms with Crippen molar-refractivity contribution in [2.24, 2.45) is 5.92 Å². The molecule has 0 saturated heterocycles. The number of hydrogen-bond acceptors (Lipinski definition) is 4. The third-order valence-corrected chi connectivity index (χ3v) is 2.39. The van der Waals surface area contributed by atoms with Gasteiger partial charge in [-0.2, -0.15) is 0 Å². The highest BCUT2D eigenvalue weighted by Gasteiger charge is 2.20. The highest BCUT2D eigenvalue weighted by atomic mass is 16.5. The molecule has 0 aromatic carbocycles. The summed E-state index contributed by atoms with van der Waals surface area (Å²) in [6, 6.07) is 1.87. The molecule has 1 aromatic rings. The second-order valence-electron chi connectivity index (χ2n) is 3.95. The Balaban J connectivity index is 1.60. The van der Waals surface area contributed by atoms with Gasteiger partial charge in [-0.1, -0.05) is 0 Å². The van der Waals surface area contributed by atoms with Crippen LogP contribution in [0.4, 0.5) is 11.4 Å². The van der Waals surface area contributed by atoms with Crippen molar-refractivity contribution in [1.82, 2.24) is 4.98 Å². The van der Waals surface area contributed by atoms with Crippen LogP contribution in [0.5, 0.6) is 0 Å². The minimum atomic E-state index is 0.680.